The van der Waals surface area contributed by atoms with Crippen LogP contribution >= 0.6 is 0 Å². The fraction of sp³-hybridized carbons (Fsp3) is 0.429. The second kappa shape index (κ2) is 8.37. The van der Waals surface area contributed by atoms with Gasteiger partial charge in [-0.25, -0.2) is 0 Å². The van der Waals surface area contributed by atoms with E-state index in [-0.39, 0.29) is 12.1 Å². The Labute approximate surface area is 149 Å². The molecule has 0 bridgehead atoms. The van der Waals surface area contributed by atoms with Crippen molar-refractivity contribution in [1.29, 1.82) is 0 Å². The van der Waals surface area contributed by atoms with Gasteiger partial charge in [-0.15, -0.1) is 0 Å². The maximum absolute atomic E-state index is 10.3. The molecule has 0 aromatic heterocycles. The molecule has 1 aliphatic carbocycles. The Balaban J connectivity index is 1.65. The van der Waals surface area contributed by atoms with Gasteiger partial charge in [0.25, 0.3) is 0 Å². The van der Waals surface area contributed by atoms with E-state index in [4.69, 9.17) is 9.47 Å². The quantitative estimate of drug-likeness (QED) is 0.720. The SMILES string of the molecule is CCCCOc1ccc(CN[C@H]2c3ccccc3C[C@H]2O)cc1OC. The van der Waals surface area contributed by atoms with Crippen molar-refractivity contribution < 1.29 is 14.6 Å². The van der Waals surface area contributed by atoms with Crippen molar-refractivity contribution in [3.63, 3.8) is 0 Å². The van der Waals surface area contributed by atoms with Crippen LogP contribution in [0.4, 0.5) is 0 Å². The van der Waals surface area contributed by atoms with Gasteiger partial charge in [0.05, 0.1) is 25.9 Å². The Hall–Kier alpha value is -2.04. The normalized spacial score (nSPS) is 18.8. The van der Waals surface area contributed by atoms with Gasteiger partial charge < -0.3 is 19.9 Å². The average Bonchev–Trinajstić information content (AvgIpc) is 2.96. The molecular formula is C21H27NO3. The van der Waals surface area contributed by atoms with E-state index in [1.54, 1.807) is 7.11 Å². The molecule has 0 amide bonds. The van der Waals surface area contributed by atoms with Crippen LogP contribution in [0.25, 0.3) is 0 Å². The molecule has 0 unspecified atom stereocenters. The number of fused-ring (bicyclic) bond motifs is 1. The fourth-order valence-electron chi connectivity index (χ4n) is 3.32. The summed E-state index contributed by atoms with van der Waals surface area (Å²) in [5.74, 6) is 1.54. The standard InChI is InChI=1S/C21H27NO3/c1-3-4-11-25-19-10-9-15(12-20(19)24-2)14-22-21-17-8-6-5-7-16(17)13-18(21)23/h5-10,12,18,21-23H,3-4,11,13-14H2,1-2H3/t18-,21+/m1/s1. The number of aliphatic hydroxyl groups excluding tert-OH is 1. The Morgan fingerprint density at radius 2 is 2.00 bits per heavy atom. The van der Waals surface area contributed by atoms with Crippen molar-refractivity contribution in [1.82, 2.24) is 5.32 Å². The summed E-state index contributed by atoms with van der Waals surface area (Å²) in [6, 6.07) is 14.2. The van der Waals surface area contributed by atoms with E-state index in [1.165, 1.54) is 11.1 Å². The van der Waals surface area contributed by atoms with Crippen molar-refractivity contribution in [3.8, 4) is 11.5 Å². The number of hydrogen-bond donors (Lipinski definition) is 2. The number of unbranched alkanes of at least 4 members (excludes halogenated alkanes) is 1. The molecule has 0 fully saturated rings. The summed E-state index contributed by atoms with van der Waals surface area (Å²) < 4.78 is 11.2. The molecule has 25 heavy (non-hydrogen) atoms. The lowest BCUT2D eigenvalue weighted by atomic mass is 10.1. The van der Waals surface area contributed by atoms with Gasteiger partial charge in [0.15, 0.2) is 11.5 Å². The predicted octanol–water partition coefficient (Wildman–Crippen LogP) is 3.62. The van der Waals surface area contributed by atoms with Gasteiger partial charge in [0.1, 0.15) is 0 Å². The Bertz CT molecular complexity index is 701. The van der Waals surface area contributed by atoms with Crippen LogP contribution in [0.3, 0.4) is 0 Å². The summed E-state index contributed by atoms with van der Waals surface area (Å²) in [4.78, 5) is 0. The minimum Gasteiger partial charge on any atom is -0.493 e. The van der Waals surface area contributed by atoms with Crippen LogP contribution in [0.1, 0.15) is 42.5 Å². The van der Waals surface area contributed by atoms with E-state index >= 15 is 0 Å². The molecular weight excluding hydrogens is 314 g/mol. The van der Waals surface area contributed by atoms with Crippen LogP contribution in [0.15, 0.2) is 42.5 Å². The van der Waals surface area contributed by atoms with Gasteiger partial charge in [-0.05, 0) is 35.2 Å². The Kier molecular flexibility index (Phi) is 5.95. The molecule has 134 valence electrons. The van der Waals surface area contributed by atoms with Crippen LogP contribution < -0.4 is 14.8 Å². The van der Waals surface area contributed by atoms with Gasteiger partial charge in [-0.2, -0.15) is 0 Å². The molecule has 2 aromatic carbocycles. The molecule has 4 nitrogen and oxygen atoms in total. The lowest BCUT2D eigenvalue weighted by Gasteiger charge is -2.19. The van der Waals surface area contributed by atoms with Gasteiger partial charge >= 0.3 is 0 Å². The third-order valence-corrected chi connectivity index (χ3v) is 4.71. The van der Waals surface area contributed by atoms with E-state index in [2.05, 4.69) is 24.4 Å². The molecule has 2 aromatic rings. The third kappa shape index (κ3) is 4.14. The van der Waals surface area contributed by atoms with Crippen molar-refractivity contribution in [2.75, 3.05) is 13.7 Å². The predicted molar refractivity (Wildman–Crippen MR) is 99.1 cm³/mol. The lowest BCUT2D eigenvalue weighted by molar-refractivity contribution is 0.140. The van der Waals surface area contributed by atoms with E-state index in [1.807, 2.05) is 30.3 Å². The summed E-state index contributed by atoms with van der Waals surface area (Å²) in [7, 11) is 1.66. The highest BCUT2D eigenvalue weighted by molar-refractivity contribution is 5.43. The smallest absolute Gasteiger partial charge is 0.161 e. The van der Waals surface area contributed by atoms with Crippen LogP contribution in [-0.4, -0.2) is 24.9 Å². The first-order chi connectivity index (χ1) is 12.2. The second-order valence-corrected chi connectivity index (χ2v) is 6.52. The highest BCUT2D eigenvalue weighted by Crippen LogP contribution is 2.32. The Morgan fingerprint density at radius 1 is 1.16 bits per heavy atom. The zero-order chi connectivity index (χ0) is 17.6. The Morgan fingerprint density at radius 3 is 2.80 bits per heavy atom. The zero-order valence-electron chi connectivity index (χ0n) is 15.0. The number of hydrogen-bond acceptors (Lipinski definition) is 4. The highest BCUT2D eigenvalue weighted by Gasteiger charge is 2.30. The number of aliphatic hydroxyl groups is 1. The number of nitrogens with one attached hydrogen (secondary N) is 1. The fourth-order valence-corrected chi connectivity index (χ4v) is 3.32. The highest BCUT2D eigenvalue weighted by atomic mass is 16.5. The van der Waals surface area contributed by atoms with E-state index in [0.29, 0.717) is 19.6 Å². The molecule has 2 N–H and O–H groups in total. The molecule has 0 radical (unpaired) electrons. The van der Waals surface area contributed by atoms with Gasteiger partial charge in [0.2, 0.25) is 0 Å². The van der Waals surface area contributed by atoms with Crippen LogP contribution in [-0.2, 0) is 13.0 Å². The van der Waals surface area contributed by atoms with Gasteiger partial charge in [0, 0.05) is 13.0 Å². The molecule has 0 spiro atoms. The van der Waals surface area contributed by atoms with Crippen LogP contribution in [0.5, 0.6) is 11.5 Å². The van der Waals surface area contributed by atoms with Crippen molar-refractivity contribution in [2.24, 2.45) is 0 Å². The van der Waals surface area contributed by atoms with Crippen molar-refractivity contribution in [2.45, 2.75) is 44.9 Å². The number of ether oxygens (including phenoxy) is 2. The second-order valence-electron chi connectivity index (χ2n) is 6.52. The largest absolute Gasteiger partial charge is 0.493 e. The first-order valence-electron chi connectivity index (χ1n) is 9.02. The van der Waals surface area contributed by atoms with Crippen molar-refractivity contribution in [3.05, 3.63) is 59.2 Å². The van der Waals surface area contributed by atoms with Crippen LogP contribution in [0.2, 0.25) is 0 Å². The maximum atomic E-state index is 10.3. The van der Waals surface area contributed by atoms with E-state index in [9.17, 15) is 5.11 Å². The topological polar surface area (TPSA) is 50.7 Å². The van der Waals surface area contributed by atoms with Gasteiger partial charge in [-0.3, -0.25) is 0 Å². The molecule has 0 heterocycles. The molecule has 3 rings (SSSR count). The minimum absolute atomic E-state index is 0.0253. The van der Waals surface area contributed by atoms with E-state index < -0.39 is 0 Å². The molecule has 0 saturated heterocycles. The maximum Gasteiger partial charge on any atom is 0.161 e. The lowest BCUT2D eigenvalue weighted by Crippen LogP contribution is -2.28. The average molecular weight is 341 g/mol. The van der Waals surface area contributed by atoms with Crippen molar-refractivity contribution >= 4 is 0 Å². The number of benzene rings is 2. The first kappa shape index (κ1) is 17.8. The summed E-state index contributed by atoms with van der Waals surface area (Å²) in [6.07, 6.45) is 2.47. The summed E-state index contributed by atoms with van der Waals surface area (Å²) >= 11 is 0. The van der Waals surface area contributed by atoms with Gasteiger partial charge in [-0.1, -0.05) is 43.7 Å². The summed E-state index contributed by atoms with van der Waals surface area (Å²) in [5, 5.41) is 13.8. The summed E-state index contributed by atoms with van der Waals surface area (Å²) in [5.41, 5.74) is 3.53. The van der Waals surface area contributed by atoms with E-state index in [0.717, 1.165) is 29.9 Å². The molecule has 0 aliphatic heterocycles. The summed E-state index contributed by atoms with van der Waals surface area (Å²) in [6.45, 7) is 3.52. The number of rotatable bonds is 8. The first-order valence-corrected chi connectivity index (χ1v) is 9.02. The monoisotopic (exact) mass is 341 g/mol. The number of methoxy groups -OCH3 is 1. The minimum atomic E-state index is -0.379. The molecule has 4 heteroatoms. The third-order valence-electron chi connectivity index (χ3n) is 4.71. The molecule has 1 aliphatic rings. The molecule has 0 saturated carbocycles. The zero-order valence-corrected chi connectivity index (χ0v) is 15.0. The molecule has 2 atom stereocenters. The van der Waals surface area contributed by atoms with Crippen LogP contribution in [0, 0.1) is 0 Å².